The molecule has 3 fully saturated rings. The van der Waals surface area contributed by atoms with Gasteiger partial charge in [0, 0.05) is 17.8 Å². The molecule has 182 valence electrons. The minimum Gasteiger partial charge on any atom is -0.469 e. The topological polar surface area (TPSA) is 91.4 Å². The van der Waals surface area contributed by atoms with Gasteiger partial charge < -0.3 is 10.1 Å². The Bertz CT molecular complexity index is 1140. The number of rotatable bonds is 8. The largest absolute Gasteiger partial charge is 0.469 e. The fourth-order valence-electron chi connectivity index (χ4n) is 5.31. The summed E-state index contributed by atoms with van der Waals surface area (Å²) in [6.07, 6.45) is 4.28. The number of benzene rings is 2. The van der Waals surface area contributed by atoms with Gasteiger partial charge in [0.1, 0.15) is 5.82 Å². The minimum absolute atomic E-state index is 0.0922. The number of hydrogen-bond acceptors (Lipinski definition) is 8. The first-order valence-corrected chi connectivity index (χ1v) is 12.3. The van der Waals surface area contributed by atoms with Crippen LogP contribution in [0, 0.1) is 17.8 Å². The van der Waals surface area contributed by atoms with Crippen LogP contribution in [-0.2, 0) is 9.53 Å². The van der Waals surface area contributed by atoms with Crippen LogP contribution in [0.2, 0.25) is 5.28 Å². The third-order valence-corrected chi connectivity index (χ3v) is 7.12. The quantitative estimate of drug-likeness (QED) is 0.225. The number of halogens is 1. The van der Waals surface area contributed by atoms with Gasteiger partial charge in [0.2, 0.25) is 5.28 Å². The second kappa shape index (κ2) is 10.5. The second-order valence-electron chi connectivity index (χ2n) is 9.06. The van der Waals surface area contributed by atoms with Crippen LogP contribution in [0.3, 0.4) is 0 Å². The van der Waals surface area contributed by atoms with Crippen LogP contribution in [0.25, 0.3) is 0 Å². The number of anilines is 4. The summed E-state index contributed by atoms with van der Waals surface area (Å²) in [6, 6.07) is 21.3. The number of nitrogens with one attached hydrogen (secondary N) is 3. The van der Waals surface area contributed by atoms with Gasteiger partial charge in [-0.3, -0.25) is 10.2 Å². The Balaban J connectivity index is 1.47. The number of para-hydroxylation sites is 2. The van der Waals surface area contributed by atoms with Crippen molar-refractivity contribution in [2.45, 2.75) is 31.7 Å². The van der Waals surface area contributed by atoms with Gasteiger partial charge in [-0.25, -0.2) is 15.5 Å². The minimum atomic E-state index is -0.216. The molecule has 3 aliphatic rings. The summed E-state index contributed by atoms with van der Waals surface area (Å²) in [5, 5.41) is 5.14. The molecular formula is C26H29ClN6O2. The van der Waals surface area contributed by atoms with Crippen molar-refractivity contribution in [3.8, 4) is 0 Å². The van der Waals surface area contributed by atoms with Crippen LogP contribution < -0.4 is 21.3 Å². The number of nitrogens with zero attached hydrogens (tertiary/aromatic N) is 3. The Kier molecular flexibility index (Phi) is 7.01. The van der Waals surface area contributed by atoms with Gasteiger partial charge in [0.15, 0.2) is 5.82 Å². The summed E-state index contributed by atoms with van der Waals surface area (Å²) < 4.78 is 5.21. The number of hydrazine groups is 2. The van der Waals surface area contributed by atoms with E-state index in [9.17, 15) is 4.79 Å². The molecule has 2 unspecified atom stereocenters. The summed E-state index contributed by atoms with van der Waals surface area (Å²) in [5.74, 6) is 1.38. The van der Waals surface area contributed by atoms with E-state index in [0.29, 0.717) is 23.5 Å². The van der Waals surface area contributed by atoms with Crippen LogP contribution in [-0.4, -0.2) is 29.1 Å². The number of aromatic nitrogens is 2. The maximum absolute atomic E-state index is 12.8. The van der Waals surface area contributed by atoms with Gasteiger partial charge in [0.25, 0.3) is 0 Å². The summed E-state index contributed by atoms with van der Waals surface area (Å²) in [5.41, 5.74) is 8.72. The average Bonchev–Trinajstić information content (AvgIpc) is 2.89. The number of carbonyl (C=O) groups is 1. The summed E-state index contributed by atoms with van der Waals surface area (Å²) in [6.45, 7) is 0. The van der Waals surface area contributed by atoms with E-state index in [2.05, 4.69) is 26.1 Å². The van der Waals surface area contributed by atoms with Gasteiger partial charge in [-0.15, -0.1) is 0 Å². The molecule has 0 saturated heterocycles. The predicted molar refractivity (Wildman–Crippen MR) is 137 cm³/mol. The van der Waals surface area contributed by atoms with Crippen molar-refractivity contribution in [3.63, 3.8) is 0 Å². The van der Waals surface area contributed by atoms with Crippen molar-refractivity contribution < 1.29 is 9.53 Å². The standard InChI is InChI=1S/C26H29ClN6O2/c1-35-25(34)23-17-12-14-18(15-13-17)24(23)32-33(31-20-10-6-3-7-11-20)22-16-21(29-26(27)30-22)28-19-8-4-2-5-9-19/h2-11,16-18,23-24,31-32H,12-15H2,1H3,(H,28,29,30). The Labute approximate surface area is 210 Å². The van der Waals surface area contributed by atoms with Gasteiger partial charge in [0.05, 0.1) is 18.7 Å². The molecule has 1 aromatic heterocycles. The highest BCUT2D eigenvalue weighted by molar-refractivity contribution is 6.28. The normalized spacial score (nSPS) is 22.9. The zero-order valence-corrected chi connectivity index (χ0v) is 20.3. The molecule has 0 radical (unpaired) electrons. The lowest BCUT2D eigenvalue weighted by Gasteiger charge is -2.48. The molecule has 0 amide bonds. The average molecular weight is 493 g/mol. The lowest BCUT2D eigenvalue weighted by Crippen LogP contribution is -2.61. The van der Waals surface area contributed by atoms with Crippen LogP contribution in [0.4, 0.5) is 23.0 Å². The van der Waals surface area contributed by atoms with Crippen molar-refractivity contribution >= 4 is 40.6 Å². The van der Waals surface area contributed by atoms with E-state index in [4.69, 9.17) is 16.3 Å². The zero-order chi connectivity index (χ0) is 24.2. The van der Waals surface area contributed by atoms with Crippen molar-refractivity contribution in [1.29, 1.82) is 0 Å². The second-order valence-corrected chi connectivity index (χ2v) is 9.40. The van der Waals surface area contributed by atoms with Gasteiger partial charge in [-0.05, 0) is 73.4 Å². The summed E-state index contributed by atoms with van der Waals surface area (Å²) >= 11 is 6.35. The molecule has 35 heavy (non-hydrogen) atoms. The van der Waals surface area contributed by atoms with Gasteiger partial charge in [-0.1, -0.05) is 36.4 Å². The van der Waals surface area contributed by atoms with E-state index in [1.807, 2.05) is 66.7 Å². The maximum atomic E-state index is 12.8. The molecule has 3 saturated carbocycles. The molecule has 2 bridgehead atoms. The van der Waals surface area contributed by atoms with Crippen molar-refractivity contribution in [1.82, 2.24) is 15.4 Å². The number of carbonyl (C=O) groups excluding carboxylic acids is 1. The first-order valence-electron chi connectivity index (χ1n) is 11.9. The first kappa shape index (κ1) is 23.4. The molecule has 9 heteroatoms. The Morgan fingerprint density at radius 3 is 2.23 bits per heavy atom. The Morgan fingerprint density at radius 2 is 1.57 bits per heavy atom. The fourth-order valence-corrected chi connectivity index (χ4v) is 5.49. The summed E-state index contributed by atoms with van der Waals surface area (Å²) in [4.78, 5) is 21.6. The number of ether oxygens (including phenoxy) is 1. The highest BCUT2D eigenvalue weighted by Crippen LogP contribution is 2.46. The van der Waals surface area contributed by atoms with Crippen molar-refractivity contribution in [2.75, 3.05) is 23.0 Å². The lowest BCUT2D eigenvalue weighted by molar-refractivity contribution is -0.153. The van der Waals surface area contributed by atoms with E-state index >= 15 is 0 Å². The predicted octanol–water partition coefficient (Wildman–Crippen LogP) is 5.19. The highest BCUT2D eigenvalue weighted by atomic mass is 35.5. The SMILES string of the molecule is COC(=O)C1C2CCC(CC2)C1NN(Nc1ccccc1)c1cc(Nc2ccccc2)nc(Cl)n1. The van der Waals surface area contributed by atoms with Crippen LogP contribution in [0.1, 0.15) is 25.7 Å². The number of esters is 1. The molecule has 1 heterocycles. The molecule has 3 aliphatic carbocycles. The van der Waals surface area contributed by atoms with Crippen LogP contribution in [0.5, 0.6) is 0 Å². The number of hydrogen-bond donors (Lipinski definition) is 3. The smallest absolute Gasteiger partial charge is 0.310 e. The fraction of sp³-hybridized carbons (Fsp3) is 0.346. The van der Waals surface area contributed by atoms with E-state index in [1.165, 1.54) is 7.11 Å². The molecule has 3 N–H and O–H groups in total. The van der Waals surface area contributed by atoms with E-state index in [-0.39, 0.29) is 23.2 Å². The molecule has 0 spiro atoms. The molecule has 3 aromatic rings. The lowest BCUT2D eigenvalue weighted by atomic mass is 9.62. The monoisotopic (exact) mass is 492 g/mol. The Hall–Kier alpha value is -3.36. The van der Waals surface area contributed by atoms with E-state index in [0.717, 1.165) is 37.1 Å². The number of methoxy groups -OCH3 is 1. The molecule has 2 atom stereocenters. The molecular weight excluding hydrogens is 464 g/mol. The van der Waals surface area contributed by atoms with E-state index < -0.39 is 0 Å². The molecule has 2 aromatic carbocycles. The first-order chi connectivity index (χ1) is 17.1. The molecule has 0 aliphatic heterocycles. The van der Waals surface area contributed by atoms with E-state index in [1.54, 1.807) is 5.12 Å². The molecule has 8 nitrogen and oxygen atoms in total. The van der Waals surface area contributed by atoms with Crippen molar-refractivity contribution in [2.24, 2.45) is 17.8 Å². The van der Waals surface area contributed by atoms with Gasteiger partial charge >= 0.3 is 5.97 Å². The third-order valence-electron chi connectivity index (χ3n) is 6.95. The third kappa shape index (κ3) is 5.33. The van der Waals surface area contributed by atoms with Crippen molar-refractivity contribution in [3.05, 3.63) is 72.0 Å². The summed E-state index contributed by atoms with van der Waals surface area (Å²) in [7, 11) is 1.47. The Morgan fingerprint density at radius 1 is 0.943 bits per heavy atom. The zero-order valence-electron chi connectivity index (χ0n) is 19.5. The highest BCUT2D eigenvalue weighted by Gasteiger charge is 2.48. The molecule has 6 rings (SSSR count). The maximum Gasteiger partial charge on any atom is 0.310 e. The van der Waals surface area contributed by atoms with Crippen LogP contribution in [0.15, 0.2) is 66.7 Å². The van der Waals surface area contributed by atoms with Gasteiger partial charge in [-0.2, -0.15) is 4.98 Å². The van der Waals surface area contributed by atoms with Crippen LogP contribution >= 0.6 is 11.6 Å². The number of fused-ring (bicyclic) bond motifs is 3.